The molecule has 6 nitrogen and oxygen atoms in total. The quantitative estimate of drug-likeness (QED) is 0.828. The van der Waals surface area contributed by atoms with Crippen LogP contribution < -0.4 is 0 Å². The molecule has 0 saturated carbocycles. The number of hydrogen-bond acceptors (Lipinski definition) is 3. The van der Waals surface area contributed by atoms with Gasteiger partial charge in [0.25, 0.3) is 5.92 Å². The first-order valence-corrected chi connectivity index (χ1v) is 7.40. The Morgan fingerprint density at radius 2 is 2.23 bits per heavy atom. The molecule has 2 N–H and O–H groups in total. The van der Waals surface area contributed by atoms with Gasteiger partial charge < -0.3 is 15.1 Å². The van der Waals surface area contributed by atoms with Gasteiger partial charge in [0.2, 0.25) is 0 Å². The summed E-state index contributed by atoms with van der Waals surface area (Å²) in [6, 6.07) is -0.275. The topological polar surface area (TPSA) is 78.6 Å². The van der Waals surface area contributed by atoms with Crippen LogP contribution in [0.1, 0.15) is 36.7 Å². The van der Waals surface area contributed by atoms with Crippen LogP contribution in [0.25, 0.3) is 0 Å². The summed E-state index contributed by atoms with van der Waals surface area (Å²) in [6.07, 6.45) is -0.744. The van der Waals surface area contributed by atoms with Gasteiger partial charge in [-0.1, -0.05) is 0 Å². The SMILES string of the molecule is CC1Cc2nn3c(c2CN1C(=O)O)C(F)(F)CC(CO)CC3. The van der Waals surface area contributed by atoms with Gasteiger partial charge in [-0.15, -0.1) is 0 Å². The Balaban J connectivity index is 2.04. The lowest BCUT2D eigenvalue weighted by Crippen LogP contribution is -2.42. The first kappa shape index (κ1) is 15.2. The number of rotatable bonds is 1. The van der Waals surface area contributed by atoms with Gasteiger partial charge in [-0.05, 0) is 19.3 Å². The Labute approximate surface area is 126 Å². The number of nitrogens with zero attached hydrogens (tertiary/aromatic N) is 3. The summed E-state index contributed by atoms with van der Waals surface area (Å²) in [5, 5.41) is 22.7. The lowest BCUT2D eigenvalue weighted by atomic mass is 9.93. The van der Waals surface area contributed by atoms with E-state index in [0.717, 1.165) is 0 Å². The fourth-order valence-corrected chi connectivity index (χ4v) is 3.44. The van der Waals surface area contributed by atoms with Gasteiger partial charge in [0.1, 0.15) is 5.69 Å². The highest BCUT2D eigenvalue weighted by atomic mass is 19.3. The number of alkyl halides is 2. The zero-order valence-corrected chi connectivity index (χ0v) is 12.3. The van der Waals surface area contributed by atoms with Crippen molar-refractivity contribution in [3.63, 3.8) is 0 Å². The summed E-state index contributed by atoms with van der Waals surface area (Å²) in [5.41, 5.74) is 0.739. The van der Waals surface area contributed by atoms with E-state index in [1.807, 2.05) is 0 Å². The molecular formula is C14H19F2N3O3. The van der Waals surface area contributed by atoms with E-state index >= 15 is 0 Å². The van der Waals surface area contributed by atoms with Crippen molar-refractivity contribution in [3.05, 3.63) is 17.0 Å². The maximum atomic E-state index is 14.6. The molecule has 3 heterocycles. The molecule has 1 amide bonds. The minimum absolute atomic E-state index is 0.0550. The van der Waals surface area contributed by atoms with E-state index in [2.05, 4.69) is 5.10 Å². The number of carbonyl (C=O) groups is 1. The number of hydrogen-bond donors (Lipinski definition) is 2. The standard InChI is InChI=1S/C14H19F2N3O3/c1-8-4-11-10(6-18(8)13(21)22)12-14(15,16)5-9(7-20)2-3-19(12)17-11/h8-9,20H,2-7H2,1H3,(H,21,22). The second-order valence-corrected chi connectivity index (χ2v) is 6.21. The molecule has 0 saturated heterocycles. The molecule has 0 radical (unpaired) electrons. The Morgan fingerprint density at radius 1 is 1.50 bits per heavy atom. The Kier molecular flexibility index (Phi) is 3.58. The lowest BCUT2D eigenvalue weighted by Gasteiger charge is -2.31. The third-order valence-electron chi connectivity index (χ3n) is 4.63. The number of aryl methyl sites for hydroxylation is 1. The minimum atomic E-state index is -3.10. The number of halogens is 2. The molecule has 1 aromatic rings. The molecule has 3 rings (SSSR count). The van der Waals surface area contributed by atoms with Gasteiger partial charge >= 0.3 is 6.09 Å². The van der Waals surface area contributed by atoms with Crippen LogP contribution in [0.15, 0.2) is 0 Å². The first-order valence-electron chi connectivity index (χ1n) is 7.40. The monoisotopic (exact) mass is 315 g/mol. The average Bonchev–Trinajstić information content (AvgIpc) is 2.73. The van der Waals surface area contributed by atoms with E-state index in [9.17, 15) is 23.8 Å². The summed E-state index contributed by atoms with van der Waals surface area (Å²) in [6.45, 7) is 1.74. The molecule has 2 aliphatic rings. The molecule has 0 aromatic carbocycles. The van der Waals surface area contributed by atoms with Gasteiger partial charge in [0.15, 0.2) is 0 Å². The van der Waals surface area contributed by atoms with Crippen molar-refractivity contribution in [2.45, 2.75) is 51.2 Å². The Hall–Kier alpha value is -1.70. The molecule has 0 fully saturated rings. The van der Waals surface area contributed by atoms with Crippen molar-refractivity contribution in [2.24, 2.45) is 5.92 Å². The number of aromatic nitrogens is 2. The molecule has 1 aromatic heterocycles. The molecule has 22 heavy (non-hydrogen) atoms. The van der Waals surface area contributed by atoms with E-state index in [1.165, 1.54) is 9.58 Å². The molecule has 2 aliphatic heterocycles. The highest BCUT2D eigenvalue weighted by Gasteiger charge is 2.45. The summed E-state index contributed by atoms with van der Waals surface area (Å²) in [5.74, 6) is -3.57. The van der Waals surface area contributed by atoms with Crippen molar-refractivity contribution < 1.29 is 23.8 Å². The lowest BCUT2D eigenvalue weighted by molar-refractivity contribution is -0.0388. The molecule has 0 bridgehead atoms. The van der Waals surface area contributed by atoms with Gasteiger partial charge in [-0.2, -0.15) is 13.9 Å². The van der Waals surface area contributed by atoms with Crippen molar-refractivity contribution in [1.29, 1.82) is 0 Å². The predicted octanol–water partition coefficient (Wildman–Crippen LogP) is 1.80. The zero-order valence-electron chi connectivity index (χ0n) is 12.3. The molecule has 2 atom stereocenters. The van der Waals surface area contributed by atoms with Crippen LogP contribution in [0.3, 0.4) is 0 Å². The molecule has 2 unspecified atom stereocenters. The highest BCUT2D eigenvalue weighted by Crippen LogP contribution is 2.42. The van der Waals surface area contributed by atoms with E-state index in [1.54, 1.807) is 6.92 Å². The van der Waals surface area contributed by atoms with Crippen LogP contribution in [0.4, 0.5) is 13.6 Å². The maximum absolute atomic E-state index is 14.6. The number of amides is 1. The summed E-state index contributed by atoms with van der Waals surface area (Å²) in [7, 11) is 0. The van der Waals surface area contributed by atoms with E-state index in [0.29, 0.717) is 30.6 Å². The van der Waals surface area contributed by atoms with E-state index in [-0.39, 0.29) is 24.9 Å². The van der Waals surface area contributed by atoms with Gasteiger partial charge in [0, 0.05) is 37.6 Å². The van der Waals surface area contributed by atoms with Crippen molar-refractivity contribution >= 4 is 6.09 Å². The molecule has 0 spiro atoms. The minimum Gasteiger partial charge on any atom is -0.465 e. The maximum Gasteiger partial charge on any atom is 0.407 e. The van der Waals surface area contributed by atoms with Crippen LogP contribution in [0.5, 0.6) is 0 Å². The molecular weight excluding hydrogens is 296 g/mol. The van der Waals surface area contributed by atoms with Crippen molar-refractivity contribution in [1.82, 2.24) is 14.7 Å². The first-order chi connectivity index (χ1) is 10.3. The van der Waals surface area contributed by atoms with E-state index in [4.69, 9.17) is 0 Å². The second kappa shape index (κ2) is 5.19. The molecule has 0 aliphatic carbocycles. The number of carboxylic acid groups (broad SMARTS) is 1. The third-order valence-corrected chi connectivity index (χ3v) is 4.63. The Bertz CT molecular complexity index is 602. The predicted molar refractivity (Wildman–Crippen MR) is 72.7 cm³/mol. The van der Waals surface area contributed by atoms with Crippen molar-refractivity contribution in [3.8, 4) is 0 Å². The van der Waals surface area contributed by atoms with Crippen molar-refractivity contribution in [2.75, 3.05) is 6.61 Å². The van der Waals surface area contributed by atoms with Gasteiger partial charge in [-0.3, -0.25) is 4.68 Å². The van der Waals surface area contributed by atoms with Crippen LogP contribution in [0, 0.1) is 5.92 Å². The van der Waals surface area contributed by atoms with Gasteiger partial charge in [-0.25, -0.2) is 4.79 Å². The third kappa shape index (κ3) is 2.35. The van der Waals surface area contributed by atoms with Crippen LogP contribution in [0.2, 0.25) is 0 Å². The summed E-state index contributed by atoms with van der Waals surface area (Å²) < 4.78 is 30.5. The number of aliphatic hydroxyl groups excluding tert-OH is 1. The van der Waals surface area contributed by atoms with Crippen LogP contribution >= 0.6 is 0 Å². The van der Waals surface area contributed by atoms with Crippen LogP contribution in [-0.4, -0.2) is 43.6 Å². The van der Waals surface area contributed by atoms with Crippen LogP contribution in [-0.2, 0) is 25.4 Å². The Morgan fingerprint density at radius 3 is 2.86 bits per heavy atom. The molecule has 122 valence electrons. The van der Waals surface area contributed by atoms with Gasteiger partial charge in [0.05, 0.1) is 12.2 Å². The zero-order chi connectivity index (χ0) is 16.1. The largest absolute Gasteiger partial charge is 0.465 e. The molecule has 8 heteroatoms. The summed E-state index contributed by atoms with van der Waals surface area (Å²) in [4.78, 5) is 12.4. The summed E-state index contributed by atoms with van der Waals surface area (Å²) >= 11 is 0. The number of aliphatic hydroxyl groups is 1. The van der Waals surface area contributed by atoms with E-state index < -0.39 is 24.4 Å². The fraction of sp³-hybridized carbons (Fsp3) is 0.714. The number of fused-ring (bicyclic) bond motifs is 3. The smallest absolute Gasteiger partial charge is 0.407 e. The average molecular weight is 315 g/mol. The highest BCUT2D eigenvalue weighted by molar-refractivity contribution is 5.66. The fourth-order valence-electron chi connectivity index (χ4n) is 3.44. The normalized spacial score (nSPS) is 27.0. The second-order valence-electron chi connectivity index (χ2n) is 6.21.